The highest BCUT2D eigenvalue weighted by Gasteiger charge is 2.37. The molecule has 6 heteroatoms. The van der Waals surface area contributed by atoms with Crippen LogP contribution in [0, 0.1) is 5.41 Å². The average molecular weight is 382 g/mol. The maximum absolute atomic E-state index is 12.7. The lowest BCUT2D eigenvalue weighted by Gasteiger charge is -2.26. The lowest BCUT2D eigenvalue weighted by molar-refractivity contribution is -0.127. The molecule has 2 aromatic rings. The maximum Gasteiger partial charge on any atom is 0.265 e. The molecule has 0 aliphatic carbocycles. The van der Waals surface area contributed by atoms with Crippen LogP contribution in [0.4, 0.5) is 11.4 Å². The monoisotopic (exact) mass is 382 g/mol. The van der Waals surface area contributed by atoms with Crippen molar-refractivity contribution in [3.05, 3.63) is 48.5 Å². The van der Waals surface area contributed by atoms with Crippen molar-refractivity contribution in [3.63, 3.8) is 0 Å². The SMILES string of the molecule is CCN1C(=O)C(C)(C)COc2cc(NC(=O)C(C)Oc3ccccc3)ccc21. The third-order valence-electron chi connectivity index (χ3n) is 4.67. The Balaban J connectivity index is 1.76. The summed E-state index contributed by atoms with van der Waals surface area (Å²) >= 11 is 0. The third kappa shape index (κ3) is 4.11. The molecule has 2 aromatic carbocycles. The molecule has 28 heavy (non-hydrogen) atoms. The van der Waals surface area contributed by atoms with Gasteiger partial charge in [-0.05, 0) is 52.0 Å². The Morgan fingerprint density at radius 2 is 1.96 bits per heavy atom. The Labute approximate surface area is 165 Å². The molecule has 0 aromatic heterocycles. The number of carbonyl (C=O) groups is 2. The Morgan fingerprint density at radius 3 is 2.64 bits per heavy atom. The minimum Gasteiger partial charge on any atom is -0.490 e. The molecule has 0 saturated carbocycles. The summed E-state index contributed by atoms with van der Waals surface area (Å²) in [7, 11) is 0. The molecular weight excluding hydrogens is 356 g/mol. The van der Waals surface area contributed by atoms with Crippen LogP contribution in [0.25, 0.3) is 0 Å². The number of anilines is 2. The number of nitrogens with one attached hydrogen (secondary N) is 1. The van der Waals surface area contributed by atoms with E-state index in [-0.39, 0.29) is 18.4 Å². The van der Waals surface area contributed by atoms with Crippen molar-refractivity contribution in [1.29, 1.82) is 0 Å². The van der Waals surface area contributed by atoms with Crippen molar-refractivity contribution >= 4 is 23.2 Å². The fourth-order valence-corrected chi connectivity index (χ4v) is 3.04. The third-order valence-corrected chi connectivity index (χ3v) is 4.67. The van der Waals surface area contributed by atoms with Gasteiger partial charge >= 0.3 is 0 Å². The molecule has 0 saturated heterocycles. The summed E-state index contributed by atoms with van der Waals surface area (Å²) in [6, 6.07) is 14.5. The topological polar surface area (TPSA) is 67.9 Å². The number of fused-ring (bicyclic) bond motifs is 1. The number of para-hydroxylation sites is 1. The standard InChI is InChI=1S/C22H26N2O4/c1-5-24-18-12-11-16(13-19(18)27-14-22(3,4)21(24)26)23-20(25)15(2)28-17-9-7-6-8-10-17/h6-13,15H,5,14H2,1-4H3,(H,23,25). The van der Waals surface area contributed by atoms with Crippen LogP contribution in [0.1, 0.15) is 27.7 Å². The molecule has 1 unspecified atom stereocenters. The first-order valence-corrected chi connectivity index (χ1v) is 9.43. The predicted octanol–water partition coefficient (Wildman–Crippen LogP) is 3.86. The normalized spacial score (nSPS) is 16.4. The average Bonchev–Trinajstić information content (AvgIpc) is 2.77. The van der Waals surface area contributed by atoms with Crippen molar-refractivity contribution < 1.29 is 19.1 Å². The van der Waals surface area contributed by atoms with E-state index in [1.807, 2.05) is 39.0 Å². The first kappa shape index (κ1) is 19.7. The number of nitrogens with zero attached hydrogens (tertiary/aromatic N) is 1. The quantitative estimate of drug-likeness (QED) is 0.853. The van der Waals surface area contributed by atoms with E-state index >= 15 is 0 Å². The van der Waals surface area contributed by atoms with E-state index in [1.54, 1.807) is 42.2 Å². The molecule has 0 radical (unpaired) electrons. The van der Waals surface area contributed by atoms with Gasteiger partial charge in [-0.3, -0.25) is 9.59 Å². The van der Waals surface area contributed by atoms with Gasteiger partial charge in [-0.1, -0.05) is 18.2 Å². The fraction of sp³-hybridized carbons (Fsp3) is 0.364. The van der Waals surface area contributed by atoms with Gasteiger partial charge in [-0.15, -0.1) is 0 Å². The Kier molecular flexibility index (Phi) is 5.58. The summed E-state index contributed by atoms with van der Waals surface area (Å²) in [5.41, 5.74) is 0.691. The van der Waals surface area contributed by atoms with Gasteiger partial charge in [-0.25, -0.2) is 0 Å². The van der Waals surface area contributed by atoms with Crippen LogP contribution in [0.3, 0.4) is 0 Å². The number of hydrogen-bond acceptors (Lipinski definition) is 4. The number of carbonyl (C=O) groups excluding carboxylic acids is 2. The van der Waals surface area contributed by atoms with Crippen LogP contribution < -0.4 is 19.7 Å². The molecule has 0 spiro atoms. The first-order chi connectivity index (χ1) is 13.3. The van der Waals surface area contributed by atoms with E-state index in [0.717, 1.165) is 0 Å². The number of benzene rings is 2. The molecule has 1 aliphatic rings. The second-order valence-electron chi connectivity index (χ2n) is 7.47. The van der Waals surface area contributed by atoms with Crippen molar-refractivity contribution in [2.45, 2.75) is 33.8 Å². The van der Waals surface area contributed by atoms with Crippen molar-refractivity contribution in [2.24, 2.45) is 5.41 Å². The first-order valence-electron chi connectivity index (χ1n) is 9.43. The Morgan fingerprint density at radius 1 is 1.25 bits per heavy atom. The minimum atomic E-state index is -0.658. The summed E-state index contributed by atoms with van der Waals surface area (Å²) in [5, 5.41) is 2.85. The lowest BCUT2D eigenvalue weighted by Crippen LogP contribution is -2.42. The van der Waals surface area contributed by atoms with Crippen LogP contribution in [0.15, 0.2) is 48.5 Å². The maximum atomic E-state index is 12.7. The molecule has 1 N–H and O–H groups in total. The zero-order valence-corrected chi connectivity index (χ0v) is 16.7. The zero-order valence-electron chi connectivity index (χ0n) is 16.7. The number of rotatable bonds is 5. The van der Waals surface area contributed by atoms with Crippen molar-refractivity contribution in [3.8, 4) is 11.5 Å². The Bertz CT molecular complexity index is 864. The van der Waals surface area contributed by atoms with Gasteiger partial charge in [0.2, 0.25) is 5.91 Å². The van der Waals surface area contributed by atoms with Crippen LogP contribution >= 0.6 is 0 Å². The Hall–Kier alpha value is -3.02. The van der Waals surface area contributed by atoms with Gasteiger partial charge in [-0.2, -0.15) is 0 Å². The highest BCUT2D eigenvalue weighted by atomic mass is 16.5. The van der Waals surface area contributed by atoms with Gasteiger partial charge in [0.1, 0.15) is 18.1 Å². The molecule has 148 valence electrons. The van der Waals surface area contributed by atoms with Crippen molar-refractivity contribution in [1.82, 2.24) is 0 Å². The predicted molar refractivity (Wildman–Crippen MR) is 109 cm³/mol. The van der Waals surface area contributed by atoms with E-state index < -0.39 is 11.5 Å². The molecule has 3 rings (SSSR count). The zero-order chi connectivity index (χ0) is 20.3. The fourth-order valence-electron chi connectivity index (χ4n) is 3.04. The highest BCUT2D eigenvalue weighted by molar-refractivity contribution is 6.00. The summed E-state index contributed by atoms with van der Waals surface area (Å²) in [5.74, 6) is 0.974. The second-order valence-corrected chi connectivity index (χ2v) is 7.47. The highest BCUT2D eigenvalue weighted by Crippen LogP contribution is 2.38. The summed E-state index contributed by atoms with van der Waals surface area (Å²) in [6.45, 7) is 8.19. The summed E-state index contributed by atoms with van der Waals surface area (Å²) in [6.07, 6.45) is -0.658. The van der Waals surface area contributed by atoms with Crippen LogP contribution in [0.5, 0.6) is 11.5 Å². The molecular formula is C22H26N2O4. The second kappa shape index (κ2) is 7.92. The van der Waals surface area contributed by atoms with E-state index in [4.69, 9.17) is 9.47 Å². The molecule has 0 fully saturated rings. The van der Waals surface area contributed by atoms with E-state index in [0.29, 0.717) is 29.4 Å². The van der Waals surface area contributed by atoms with Crippen molar-refractivity contribution in [2.75, 3.05) is 23.4 Å². The smallest absolute Gasteiger partial charge is 0.265 e. The number of amides is 2. The van der Waals surface area contributed by atoms with Crippen LogP contribution in [-0.4, -0.2) is 31.1 Å². The van der Waals surface area contributed by atoms with Crippen LogP contribution in [-0.2, 0) is 9.59 Å². The number of hydrogen-bond donors (Lipinski definition) is 1. The van der Waals surface area contributed by atoms with Gasteiger partial charge in [0, 0.05) is 18.3 Å². The van der Waals surface area contributed by atoms with Gasteiger partial charge < -0.3 is 19.7 Å². The molecule has 1 heterocycles. The van der Waals surface area contributed by atoms with Gasteiger partial charge in [0.15, 0.2) is 6.10 Å². The largest absolute Gasteiger partial charge is 0.490 e. The van der Waals surface area contributed by atoms with Gasteiger partial charge in [0.05, 0.1) is 11.1 Å². The molecule has 6 nitrogen and oxygen atoms in total. The van der Waals surface area contributed by atoms with E-state index in [1.165, 1.54) is 0 Å². The lowest BCUT2D eigenvalue weighted by atomic mass is 9.93. The number of ether oxygens (including phenoxy) is 2. The van der Waals surface area contributed by atoms with E-state index in [9.17, 15) is 9.59 Å². The van der Waals surface area contributed by atoms with Crippen LogP contribution in [0.2, 0.25) is 0 Å². The van der Waals surface area contributed by atoms with E-state index in [2.05, 4.69) is 5.32 Å². The minimum absolute atomic E-state index is 0.0235. The molecule has 1 atom stereocenters. The molecule has 2 amide bonds. The molecule has 0 bridgehead atoms. The summed E-state index contributed by atoms with van der Waals surface area (Å²) < 4.78 is 11.6. The molecule has 1 aliphatic heterocycles. The van der Waals surface area contributed by atoms with Gasteiger partial charge in [0.25, 0.3) is 5.91 Å². The summed E-state index contributed by atoms with van der Waals surface area (Å²) in [4.78, 5) is 27.0.